The number of benzene rings is 1. The van der Waals surface area contributed by atoms with Crippen molar-refractivity contribution in [1.82, 2.24) is 9.97 Å². The minimum Gasteiger partial charge on any atom is -0.261 e. The van der Waals surface area contributed by atoms with Crippen molar-refractivity contribution in [2.45, 2.75) is 32.6 Å². The van der Waals surface area contributed by atoms with E-state index in [2.05, 4.69) is 35.6 Å². The summed E-state index contributed by atoms with van der Waals surface area (Å²) in [4.78, 5) is 8.63. The topological polar surface area (TPSA) is 25.8 Å². The van der Waals surface area contributed by atoms with Gasteiger partial charge in [-0.2, -0.15) is 0 Å². The fraction of sp³-hybridized carbons (Fsp3) is 0.278. The molecule has 0 aliphatic rings. The predicted octanol–water partition coefficient (Wildman–Crippen LogP) is 4.58. The summed E-state index contributed by atoms with van der Waals surface area (Å²) in [5, 5.41) is 0. The van der Waals surface area contributed by atoms with Gasteiger partial charge in [-0.25, -0.2) is 0 Å². The molecule has 1 heterocycles. The van der Waals surface area contributed by atoms with E-state index in [1.165, 1.54) is 19.3 Å². The smallest absolute Gasteiger partial charge is 0.0787 e. The summed E-state index contributed by atoms with van der Waals surface area (Å²) >= 11 is 0. The SMILES string of the molecule is C=C(CCCCC)[C](c1ccccc1)c1cnccn1. The predicted molar refractivity (Wildman–Crippen MR) is 83.2 cm³/mol. The molecule has 0 saturated carbocycles. The van der Waals surface area contributed by atoms with Crippen molar-refractivity contribution in [2.24, 2.45) is 0 Å². The molecule has 0 aliphatic carbocycles. The van der Waals surface area contributed by atoms with Crippen molar-refractivity contribution in [3.8, 4) is 0 Å². The highest BCUT2D eigenvalue weighted by Crippen LogP contribution is 2.30. The number of aromatic nitrogens is 2. The average molecular weight is 265 g/mol. The molecule has 0 amide bonds. The standard InChI is InChI=1S/C18H21N2/c1-3-4-6-9-15(2)18(16-10-7-5-8-11-16)17-14-19-12-13-20-17/h5,7-8,10-14H,2-4,6,9H2,1H3. The van der Waals surface area contributed by atoms with Crippen LogP contribution < -0.4 is 0 Å². The second-order valence-corrected chi connectivity index (χ2v) is 4.89. The first kappa shape index (κ1) is 14.4. The fourth-order valence-corrected chi connectivity index (χ4v) is 2.28. The third kappa shape index (κ3) is 3.77. The Balaban J connectivity index is 2.23. The molecule has 0 atom stereocenters. The van der Waals surface area contributed by atoms with Gasteiger partial charge in [0.25, 0.3) is 0 Å². The van der Waals surface area contributed by atoms with Crippen LogP contribution in [0.2, 0.25) is 0 Å². The average Bonchev–Trinajstić information content (AvgIpc) is 2.50. The monoisotopic (exact) mass is 265 g/mol. The van der Waals surface area contributed by atoms with Crippen LogP contribution in [-0.2, 0) is 0 Å². The largest absolute Gasteiger partial charge is 0.261 e. The lowest BCUT2D eigenvalue weighted by Gasteiger charge is -2.18. The molecule has 0 saturated heterocycles. The van der Waals surface area contributed by atoms with Gasteiger partial charge in [-0.3, -0.25) is 9.97 Å². The van der Waals surface area contributed by atoms with Gasteiger partial charge in [-0.1, -0.05) is 62.2 Å². The van der Waals surface area contributed by atoms with Crippen LogP contribution in [0.1, 0.15) is 43.9 Å². The molecule has 0 spiro atoms. The molecule has 1 aromatic carbocycles. The van der Waals surface area contributed by atoms with Crippen molar-refractivity contribution in [1.29, 1.82) is 0 Å². The second kappa shape index (κ2) is 7.59. The number of hydrogen-bond acceptors (Lipinski definition) is 2. The van der Waals surface area contributed by atoms with Crippen LogP contribution >= 0.6 is 0 Å². The molecule has 2 aromatic rings. The first-order valence-corrected chi connectivity index (χ1v) is 7.20. The summed E-state index contributed by atoms with van der Waals surface area (Å²) in [6.07, 6.45) is 9.89. The fourth-order valence-electron chi connectivity index (χ4n) is 2.28. The summed E-state index contributed by atoms with van der Waals surface area (Å²) in [6, 6.07) is 10.3. The zero-order valence-corrected chi connectivity index (χ0v) is 12.0. The molecule has 0 bridgehead atoms. The Morgan fingerprint density at radius 1 is 1.10 bits per heavy atom. The van der Waals surface area contributed by atoms with Gasteiger partial charge in [0, 0.05) is 18.6 Å². The lowest BCUT2D eigenvalue weighted by Crippen LogP contribution is -2.08. The first-order chi connectivity index (χ1) is 9.83. The summed E-state index contributed by atoms with van der Waals surface area (Å²) in [6.45, 7) is 6.49. The Kier molecular flexibility index (Phi) is 5.48. The van der Waals surface area contributed by atoms with E-state index in [0.717, 1.165) is 29.2 Å². The highest BCUT2D eigenvalue weighted by Gasteiger charge is 2.19. The number of hydrogen-bond donors (Lipinski definition) is 0. The first-order valence-electron chi connectivity index (χ1n) is 7.20. The van der Waals surface area contributed by atoms with Crippen LogP contribution in [0.3, 0.4) is 0 Å². The highest BCUT2D eigenvalue weighted by atomic mass is 14.8. The lowest BCUT2D eigenvalue weighted by atomic mass is 9.86. The Morgan fingerprint density at radius 2 is 1.90 bits per heavy atom. The summed E-state index contributed by atoms with van der Waals surface area (Å²) in [5.41, 5.74) is 3.21. The number of unbranched alkanes of at least 4 members (excludes halogenated alkanes) is 2. The molecule has 1 aromatic heterocycles. The van der Waals surface area contributed by atoms with Gasteiger partial charge in [-0.05, 0) is 18.4 Å². The molecule has 0 aliphatic heterocycles. The van der Waals surface area contributed by atoms with E-state index in [1.807, 2.05) is 24.4 Å². The minimum absolute atomic E-state index is 0.903. The molecule has 2 nitrogen and oxygen atoms in total. The van der Waals surface area contributed by atoms with Gasteiger partial charge in [0.1, 0.15) is 0 Å². The normalized spacial score (nSPS) is 10.7. The van der Waals surface area contributed by atoms with Crippen LogP contribution in [-0.4, -0.2) is 9.97 Å². The molecule has 103 valence electrons. The van der Waals surface area contributed by atoms with E-state index < -0.39 is 0 Å². The van der Waals surface area contributed by atoms with Gasteiger partial charge in [0.05, 0.1) is 11.6 Å². The molecule has 1 radical (unpaired) electrons. The Labute approximate surface area is 121 Å². The molecular weight excluding hydrogens is 244 g/mol. The third-order valence-electron chi connectivity index (χ3n) is 3.32. The van der Waals surface area contributed by atoms with E-state index >= 15 is 0 Å². The minimum atomic E-state index is 0.903. The van der Waals surface area contributed by atoms with Crippen molar-refractivity contribution < 1.29 is 0 Å². The van der Waals surface area contributed by atoms with E-state index in [9.17, 15) is 0 Å². The van der Waals surface area contributed by atoms with Crippen LogP contribution in [0.5, 0.6) is 0 Å². The molecule has 0 N–H and O–H groups in total. The van der Waals surface area contributed by atoms with Crippen LogP contribution in [0, 0.1) is 5.92 Å². The van der Waals surface area contributed by atoms with Crippen LogP contribution in [0.25, 0.3) is 0 Å². The molecule has 0 unspecified atom stereocenters. The molecular formula is C18H21N2. The molecule has 0 fully saturated rings. The van der Waals surface area contributed by atoms with Crippen molar-refractivity contribution >= 4 is 0 Å². The van der Waals surface area contributed by atoms with Gasteiger partial charge in [0.15, 0.2) is 0 Å². The van der Waals surface area contributed by atoms with E-state index in [0.29, 0.717) is 0 Å². The van der Waals surface area contributed by atoms with Gasteiger partial charge >= 0.3 is 0 Å². The quantitative estimate of drug-likeness (QED) is 0.685. The zero-order valence-electron chi connectivity index (χ0n) is 12.0. The van der Waals surface area contributed by atoms with E-state index in [4.69, 9.17) is 0 Å². The zero-order chi connectivity index (χ0) is 14.2. The van der Waals surface area contributed by atoms with E-state index in [1.54, 1.807) is 12.4 Å². The van der Waals surface area contributed by atoms with Crippen molar-refractivity contribution in [2.75, 3.05) is 0 Å². The maximum atomic E-state index is 4.44. The summed E-state index contributed by atoms with van der Waals surface area (Å²) in [7, 11) is 0. The molecule has 2 rings (SSSR count). The van der Waals surface area contributed by atoms with Gasteiger partial charge in [0.2, 0.25) is 0 Å². The van der Waals surface area contributed by atoms with Gasteiger partial charge in [-0.15, -0.1) is 0 Å². The Bertz CT molecular complexity index is 480. The molecule has 2 heteroatoms. The van der Waals surface area contributed by atoms with Crippen LogP contribution in [0.15, 0.2) is 61.1 Å². The number of allylic oxidation sites excluding steroid dienone is 1. The highest BCUT2D eigenvalue weighted by molar-refractivity contribution is 5.51. The third-order valence-corrected chi connectivity index (χ3v) is 3.32. The van der Waals surface area contributed by atoms with Gasteiger partial charge < -0.3 is 0 Å². The Hall–Kier alpha value is -1.96. The maximum Gasteiger partial charge on any atom is 0.0787 e. The van der Waals surface area contributed by atoms with Crippen molar-refractivity contribution in [3.05, 3.63) is 78.2 Å². The molecule has 20 heavy (non-hydrogen) atoms. The number of nitrogens with zero attached hydrogens (tertiary/aromatic N) is 2. The summed E-state index contributed by atoms with van der Waals surface area (Å²) in [5.74, 6) is 1.12. The summed E-state index contributed by atoms with van der Waals surface area (Å²) < 4.78 is 0. The van der Waals surface area contributed by atoms with E-state index in [-0.39, 0.29) is 0 Å². The lowest BCUT2D eigenvalue weighted by molar-refractivity contribution is 0.711. The maximum absolute atomic E-state index is 4.44. The number of rotatable bonds is 7. The second-order valence-electron chi connectivity index (χ2n) is 4.89. The van der Waals surface area contributed by atoms with Crippen molar-refractivity contribution in [3.63, 3.8) is 0 Å². The Morgan fingerprint density at radius 3 is 2.55 bits per heavy atom. The van der Waals surface area contributed by atoms with Crippen LogP contribution in [0.4, 0.5) is 0 Å².